The molecule has 0 radical (unpaired) electrons. The molecule has 0 fully saturated rings. The fourth-order valence-corrected chi connectivity index (χ4v) is 3.66. The van der Waals surface area contributed by atoms with Gasteiger partial charge in [-0.15, -0.1) is 23.7 Å². The molecule has 0 aliphatic heterocycles. The molecule has 0 aliphatic carbocycles. The minimum Gasteiger partial charge on any atom is -0.350 e. The average molecular weight is 384 g/mol. The lowest BCUT2D eigenvalue weighted by atomic mass is 9.90. The zero-order valence-corrected chi connectivity index (χ0v) is 15.5. The highest BCUT2D eigenvalue weighted by Gasteiger charge is 2.25. The third-order valence-electron chi connectivity index (χ3n) is 2.97. The second-order valence-corrected chi connectivity index (χ2v) is 7.55. The van der Waals surface area contributed by atoms with Crippen molar-refractivity contribution < 1.29 is 4.79 Å². The van der Waals surface area contributed by atoms with Crippen LogP contribution in [0.1, 0.15) is 38.5 Å². The monoisotopic (exact) mass is 382 g/mol. The maximum Gasteiger partial charge on any atom is 0.220 e. The molecule has 1 rings (SSSR count). The fraction of sp³-hybridized carbons (Fsp3) is 0.643. The zero-order chi connectivity index (χ0) is 14.5. The number of aryl methyl sites for hydroxylation is 1. The minimum atomic E-state index is -0.290. The second kappa shape index (κ2) is 9.03. The quantitative estimate of drug-likeness (QED) is 0.753. The summed E-state index contributed by atoms with van der Waals surface area (Å²) in [6, 6.07) is 2.06. The first kappa shape index (κ1) is 19.9. The highest BCUT2D eigenvalue weighted by Crippen LogP contribution is 2.21. The molecule has 1 aromatic rings. The number of thiophene rings is 1. The summed E-state index contributed by atoms with van der Waals surface area (Å²) in [6.07, 6.45) is 2.20. The molecule has 1 amide bonds. The largest absolute Gasteiger partial charge is 0.350 e. The van der Waals surface area contributed by atoms with Gasteiger partial charge in [-0.25, -0.2) is 0 Å². The Morgan fingerprint density at radius 3 is 2.65 bits per heavy atom. The summed E-state index contributed by atoms with van der Waals surface area (Å²) in [6.45, 7) is 6.78. The third kappa shape index (κ3) is 7.07. The summed E-state index contributed by atoms with van der Waals surface area (Å²) in [5.41, 5.74) is 5.50. The SMILES string of the molecule is CC(C)CC(C)(CN)NC(=O)CCc1cc(Br)cs1.Cl. The third-order valence-corrected chi connectivity index (χ3v) is 4.73. The van der Waals surface area contributed by atoms with E-state index in [-0.39, 0.29) is 23.9 Å². The van der Waals surface area contributed by atoms with Gasteiger partial charge in [-0.3, -0.25) is 4.79 Å². The van der Waals surface area contributed by atoms with Crippen LogP contribution >= 0.6 is 39.7 Å². The Morgan fingerprint density at radius 2 is 2.20 bits per heavy atom. The Labute approximate surface area is 140 Å². The van der Waals surface area contributed by atoms with Crippen molar-refractivity contribution in [3.63, 3.8) is 0 Å². The first-order chi connectivity index (χ1) is 8.84. The molecule has 0 aromatic carbocycles. The molecule has 1 aromatic heterocycles. The van der Waals surface area contributed by atoms with E-state index in [0.717, 1.165) is 17.3 Å². The van der Waals surface area contributed by atoms with Crippen LogP contribution in [0.4, 0.5) is 0 Å². The van der Waals surface area contributed by atoms with E-state index in [0.29, 0.717) is 18.9 Å². The Bertz CT molecular complexity index is 425. The number of amides is 1. The summed E-state index contributed by atoms with van der Waals surface area (Å²) in [4.78, 5) is 13.2. The van der Waals surface area contributed by atoms with Crippen LogP contribution in [0.25, 0.3) is 0 Å². The molecule has 1 unspecified atom stereocenters. The average Bonchev–Trinajstić information content (AvgIpc) is 2.71. The standard InChI is InChI=1S/C14H23BrN2OS.ClH/c1-10(2)7-14(3,9-16)17-13(18)5-4-12-6-11(15)8-19-12;/h6,8,10H,4-5,7,9,16H2,1-3H3,(H,17,18);1H. The van der Waals surface area contributed by atoms with Crippen LogP contribution in [0.15, 0.2) is 15.9 Å². The first-order valence-electron chi connectivity index (χ1n) is 6.58. The van der Waals surface area contributed by atoms with Crippen LogP contribution in [-0.4, -0.2) is 18.0 Å². The normalized spacial score (nSPS) is 13.7. The van der Waals surface area contributed by atoms with E-state index in [1.54, 1.807) is 11.3 Å². The van der Waals surface area contributed by atoms with E-state index in [2.05, 4.69) is 41.2 Å². The lowest BCUT2D eigenvalue weighted by Gasteiger charge is -2.31. The number of carbonyl (C=O) groups excluding carboxylic acids is 1. The van der Waals surface area contributed by atoms with E-state index in [1.165, 1.54) is 4.88 Å². The Kier molecular flexibility index (Phi) is 8.98. The first-order valence-corrected chi connectivity index (χ1v) is 8.26. The van der Waals surface area contributed by atoms with Gasteiger partial charge < -0.3 is 11.1 Å². The van der Waals surface area contributed by atoms with Gasteiger partial charge in [0.1, 0.15) is 0 Å². The summed E-state index contributed by atoms with van der Waals surface area (Å²) < 4.78 is 1.08. The van der Waals surface area contributed by atoms with Crippen molar-refractivity contribution >= 4 is 45.6 Å². The van der Waals surface area contributed by atoms with Gasteiger partial charge in [-0.1, -0.05) is 13.8 Å². The van der Waals surface area contributed by atoms with E-state index in [9.17, 15) is 4.79 Å². The number of nitrogens with two attached hydrogens (primary N) is 1. The van der Waals surface area contributed by atoms with Crippen molar-refractivity contribution in [3.05, 3.63) is 20.8 Å². The van der Waals surface area contributed by atoms with Gasteiger partial charge in [-0.05, 0) is 47.7 Å². The van der Waals surface area contributed by atoms with Gasteiger partial charge in [0.05, 0.1) is 0 Å². The van der Waals surface area contributed by atoms with Crippen molar-refractivity contribution in [1.29, 1.82) is 0 Å². The number of hydrogen-bond donors (Lipinski definition) is 2. The van der Waals surface area contributed by atoms with Crippen molar-refractivity contribution in [1.82, 2.24) is 5.32 Å². The molecule has 0 spiro atoms. The maximum atomic E-state index is 12.0. The molecule has 0 saturated carbocycles. The molecule has 1 heterocycles. The highest BCUT2D eigenvalue weighted by molar-refractivity contribution is 9.10. The number of hydrogen-bond acceptors (Lipinski definition) is 3. The predicted molar refractivity (Wildman–Crippen MR) is 92.6 cm³/mol. The Hall–Kier alpha value is -0.100. The highest BCUT2D eigenvalue weighted by atomic mass is 79.9. The van der Waals surface area contributed by atoms with Gasteiger partial charge in [0.2, 0.25) is 5.91 Å². The molecular weight excluding hydrogens is 360 g/mol. The molecule has 0 saturated heterocycles. The molecule has 20 heavy (non-hydrogen) atoms. The zero-order valence-electron chi connectivity index (χ0n) is 12.2. The molecule has 0 aliphatic rings. The lowest BCUT2D eigenvalue weighted by Crippen LogP contribution is -2.52. The van der Waals surface area contributed by atoms with Crippen molar-refractivity contribution in [2.45, 2.75) is 45.6 Å². The van der Waals surface area contributed by atoms with Crippen molar-refractivity contribution in [2.24, 2.45) is 11.7 Å². The van der Waals surface area contributed by atoms with E-state index >= 15 is 0 Å². The summed E-state index contributed by atoms with van der Waals surface area (Å²) >= 11 is 5.09. The number of carbonyl (C=O) groups is 1. The van der Waals surface area contributed by atoms with Crippen molar-refractivity contribution in [2.75, 3.05) is 6.54 Å². The van der Waals surface area contributed by atoms with Crippen LogP contribution in [0.5, 0.6) is 0 Å². The fourth-order valence-electron chi connectivity index (χ4n) is 2.21. The lowest BCUT2D eigenvalue weighted by molar-refractivity contribution is -0.122. The Morgan fingerprint density at radius 1 is 1.55 bits per heavy atom. The van der Waals surface area contributed by atoms with E-state index in [4.69, 9.17) is 5.73 Å². The smallest absolute Gasteiger partial charge is 0.220 e. The summed E-state index contributed by atoms with van der Waals surface area (Å²) in [5.74, 6) is 0.597. The van der Waals surface area contributed by atoms with Crippen LogP contribution in [-0.2, 0) is 11.2 Å². The van der Waals surface area contributed by atoms with E-state index in [1.807, 2.05) is 12.3 Å². The second-order valence-electron chi connectivity index (χ2n) is 5.64. The molecule has 6 heteroatoms. The minimum absolute atomic E-state index is 0. The van der Waals surface area contributed by atoms with Crippen LogP contribution in [0.2, 0.25) is 0 Å². The van der Waals surface area contributed by atoms with Crippen LogP contribution in [0.3, 0.4) is 0 Å². The Balaban J connectivity index is 0.00000361. The van der Waals surface area contributed by atoms with E-state index < -0.39 is 0 Å². The van der Waals surface area contributed by atoms with Gasteiger partial charge in [0.25, 0.3) is 0 Å². The maximum absolute atomic E-state index is 12.0. The van der Waals surface area contributed by atoms with Gasteiger partial charge in [0, 0.05) is 33.2 Å². The van der Waals surface area contributed by atoms with Gasteiger partial charge >= 0.3 is 0 Å². The summed E-state index contributed by atoms with van der Waals surface area (Å²) in [7, 11) is 0. The molecule has 3 nitrogen and oxygen atoms in total. The van der Waals surface area contributed by atoms with Crippen molar-refractivity contribution in [3.8, 4) is 0 Å². The predicted octanol–water partition coefficient (Wildman–Crippen LogP) is 3.74. The topological polar surface area (TPSA) is 55.1 Å². The van der Waals surface area contributed by atoms with Gasteiger partial charge in [-0.2, -0.15) is 0 Å². The molecule has 1 atom stereocenters. The summed E-state index contributed by atoms with van der Waals surface area (Å²) in [5, 5.41) is 5.12. The van der Waals surface area contributed by atoms with Gasteiger partial charge in [0.15, 0.2) is 0 Å². The number of nitrogens with one attached hydrogen (secondary N) is 1. The van der Waals surface area contributed by atoms with Crippen LogP contribution in [0, 0.1) is 5.92 Å². The number of rotatable bonds is 7. The molecule has 0 bridgehead atoms. The van der Waals surface area contributed by atoms with Crippen LogP contribution < -0.4 is 11.1 Å². The molecular formula is C14H24BrClN2OS. The molecule has 116 valence electrons. The number of halogens is 2. The molecule has 3 N–H and O–H groups in total.